The average Bonchev–Trinajstić information content (AvgIpc) is 3.00. The molecule has 1 aromatic rings. The van der Waals surface area contributed by atoms with Crippen molar-refractivity contribution < 1.29 is 0 Å². The molecule has 21 heavy (non-hydrogen) atoms. The number of aromatic nitrogens is 2. The topological polar surface area (TPSA) is 45.5 Å². The largest absolute Gasteiger partial charge is 0.357 e. The third-order valence-electron chi connectivity index (χ3n) is 3.41. The van der Waals surface area contributed by atoms with E-state index in [2.05, 4.69) is 45.4 Å². The number of nitrogens with one attached hydrogen (secondary N) is 1. The molecule has 1 atom stereocenters. The van der Waals surface area contributed by atoms with Crippen LogP contribution in [0.2, 0.25) is 0 Å². The number of aliphatic imine (C=N–C) groups is 1. The van der Waals surface area contributed by atoms with Crippen molar-refractivity contribution in [2.24, 2.45) is 4.99 Å². The van der Waals surface area contributed by atoms with E-state index in [-0.39, 0.29) is 24.0 Å². The van der Waals surface area contributed by atoms with E-state index in [1.165, 1.54) is 12.2 Å². The lowest BCUT2D eigenvalue weighted by Gasteiger charge is -2.34. The summed E-state index contributed by atoms with van der Waals surface area (Å²) in [4.78, 5) is 11.2. The van der Waals surface area contributed by atoms with Gasteiger partial charge in [-0.25, -0.2) is 4.98 Å². The van der Waals surface area contributed by atoms with Crippen LogP contribution in [-0.2, 0) is 6.54 Å². The number of guanidine groups is 1. The minimum absolute atomic E-state index is 0. The van der Waals surface area contributed by atoms with E-state index >= 15 is 0 Å². The molecule has 0 radical (unpaired) electrons. The van der Waals surface area contributed by atoms with Crippen molar-refractivity contribution in [2.75, 3.05) is 31.9 Å². The molecular weight excluding hydrogens is 397 g/mol. The number of hydrogen-bond acceptors (Lipinski definition) is 3. The monoisotopic (exact) mass is 423 g/mol. The van der Waals surface area contributed by atoms with Gasteiger partial charge in [-0.1, -0.05) is 6.92 Å². The number of thioether (sulfide) groups is 1. The van der Waals surface area contributed by atoms with Crippen LogP contribution in [0.1, 0.15) is 20.3 Å². The number of hydrogen-bond donors (Lipinski definition) is 1. The normalized spacial score (nSPS) is 19.2. The highest BCUT2D eigenvalue weighted by atomic mass is 127. The van der Waals surface area contributed by atoms with Crippen LogP contribution >= 0.6 is 35.7 Å². The number of nitrogens with zero attached hydrogens (tertiary/aromatic N) is 4. The smallest absolute Gasteiger partial charge is 0.194 e. The van der Waals surface area contributed by atoms with E-state index in [0.717, 1.165) is 43.9 Å². The Morgan fingerprint density at radius 1 is 1.48 bits per heavy atom. The van der Waals surface area contributed by atoms with Gasteiger partial charge in [-0.3, -0.25) is 4.99 Å². The Hall–Kier alpha value is -0.440. The first-order valence-electron chi connectivity index (χ1n) is 7.44. The van der Waals surface area contributed by atoms with E-state index in [1.807, 2.05) is 18.7 Å². The van der Waals surface area contributed by atoms with Crippen molar-refractivity contribution in [3.63, 3.8) is 0 Å². The van der Waals surface area contributed by atoms with Crippen LogP contribution in [0.5, 0.6) is 0 Å². The first kappa shape index (κ1) is 18.6. The quantitative estimate of drug-likeness (QED) is 0.449. The van der Waals surface area contributed by atoms with Gasteiger partial charge in [0.15, 0.2) is 5.96 Å². The maximum Gasteiger partial charge on any atom is 0.194 e. The van der Waals surface area contributed by atoms with Crippen LogP contribution in [0.4, 0.5) is 0 Å². The zero-order chi connectivity index (χ0) is 14.2. The van der Waals surface area contributed by atoms with Gasteiger partial charge >= 0.3 is 0 Å². The van der Waals surface area contributed by atoms with Crippen LogP contribution in [0, 0.1) is 0 Å². The van der Waals surface area contributed by atoms with Crippen molar-refractivity contribution in [1.82, 2.24) is 19.8 Å². The van der Waals surface area contributed by atoms with Crippen LogP contribution < -0.4 is 5.32 Å². The molecule has 1 N–H and O–H groups in total. The molecule has 0 amide bonds. The summed E-state index contributed by atoms with van der Waals surface area (Å²) in [5, 5.41) is 4.16. The van der Waals surface area contributed by atoms with Crippen molar-refractivity contribution in [3.8, 4) is 0 Å². The summed E-state index contributed by atoms with van der Waals surface area (Å²) in [6.45, 7) is 9.19. The van der Waals surface area contributed by atoms with Gasteiger partial charge in [-0.15, -0.1) is 24.0 Å². The van der Waals surface area contributed by atoms with Crippen molar-refractivity contribution in [1.29, 1.82) is 0 Å². The molecule has 0 spiro atoms. The molecule has 1 saturated heterocycles. The third-order valence-corrected chi connectivity index (χ3v) is 4.78. The summed E-state index contributed by atoms with van der Waals surface area (Å²) < 4.78 is 2.06. The molecule has 5 nitrogen and oxygen atoms in total. The lowest BCUT2D eigenvalue weighted by Crippen LogP contribution is -2.48. The molecule has 2 rings (SSSR count). The Labute approximate surface area is 149 Å². The maximum atomic E-state index is 4.75. The predicted octanol–water partition coefficient (Wildman–Crippen LogP) is 2.29. The second-order valence-corrected chi connectivity index (χ2v) is 6.29. The molecule has 1 aliphatic heterocycles. The predicted molar refractivity (Wildman–Crippen MR) is 102 cm³/mol. The Bertz CT molecular complexity index is 410. The van der Waals surface area contributed by atoms with Crippen molar-refractivity contribution in [2.45, 2.75) is 32.1 Å². The molecule has 0 aliphatic carbocycles. The second-order valence-electron chi connectivity index (χ2n) is 4.88. The summed E-state index contributed by atoms with van der Waals surface area (Å²) in [6, 6.07) is 0. The fraction of sp³-hybridized carbons (Fsp3) is 0.714. The Morgan fingerprint density at radius 2 is 2.33 bits per heavy atom. The lowest BCUT2D eigenvalue weighted by molar-refractivity contribution is 0.408. The molecule has 1 unspecified atom stereocenters. The van der Waals surface area contributed by atoms with Gasteiger partial charge in [-0.2, -0.15) is 11.8 Å². The van der Waals surface area contributed by atoms with Gasteiger partial charge in [0.2, 0.25) is 0 Å². The molecule has 0 bridgehead atoms. The number of halogens is 1. The molecule has 0 aromatic carbocycles. The van der Waals surface area contributed by atoms with Crippen LogP contribution in [0.25, 0.3) is 0 Å². The lowest BCUT2D eigenvalue weighted by atomic mass is 10.3. The Kier molecular flexibility index (Phi) is 9.14. The Morgan fingerprint density at radius 3 is 3.00 bits per heavy atom. The zero-order valence-corrected chi connectivity index (χ0v) is 16.0. The highest BCUT2D eigenvalue weighted by Gasteiger charge is 2.21. The molecule has 2 heterocycles. The number of rotatable bonds is 5. The van der Waals surface area contributed by atoms with Gasteiger partial charge in [0.25, 0.3) is 0 Å². The first-order chi connectivity index (χ1) is 9.83. The highest BCUT2D eigenvalue weighted by Crippen LogP contribution is 2.20. The molecule has 7 heteroatoms. The van der Waals surface area contributed by atoms with Gasteiger partial charge in [-0.05, 0) is 13.3 Å². The van der Waals surface area contributed by atoms with Crippen molar-refractivity contribution >= 4 is 41.7 Å². The third kappa shape index (κ3) is 6.06. The molecule has 1 aromatic heterocycles. The van der Waals surface area contributed by atoms with E-state index in [9.17, 15) is 0 Å². The van der Waals surface area contributed by atoms with Gasteiger partial charge in [0.1, 0.15) is 0 Å². The SMILES string of the molecule is CCNC(=NCCn1ccnc1)N1CCSC(CC)C1.I. The minimum atomic E-state index is 0. The highest BCUT2D eigenvalue weighted by molar-refractivity contribution is 14.0. The molecule has 0 saturated carbocycles. The average molecular weight is 423 g/mol. The van der Waals surface area contributed by atoms with Crippen LogP contribution in [0.15, 0.2) is 23.7 Å². The fourth-order valence-electron chi connectivity index (χ4n) is 2.27. The second kappa shape index (κ2) is 10.3. The molecule has 1 aliphatic rings. The van der Waals surface area contributed by atoms with Crippen LogP contribution in [-0.4, -0.2) is 57.6 Å². The van der Waals surface area contributed by atoms with Gasteiger partial charge in [0.05, 0.1) is 12.9 Å². The van der Waals surface area contributed by atoms with Gasteiger partial charge in [0, 0.05) is 49.6 Å². The summed E-state index contributed by atoms with van der Waals surface area (Å²) in [7, 11) is 0. The summed E-state index contributed by atoms with van der Waals surface area (Å²) >= 11 is 2.09. The van der Waals surface area contributed by atoms with E-state index in [1.54, 1.807) is 0 Å². The maximum absolute atomic E-state index is 4.75. The fourth-order valence-corrected chi connectivity index (χ4v) is 3.46. The Balaban J connectivity index is 0.00000220. The standard InChI is InChI=1S/C14H25N5S.HI/c1-3-13-11-19(9-10-20-13)14(16-4-2)17-6-8-18-7-5-15-12-18;/h5,7,12-13H,3-4,6,8-11H2,1-2H3,(H,16,17);1H. The molecule has 1 fully saturated rings. The van der Waals surface area contributed by atoms with Gasteiger partial charge < -0.3 is 14.8 Å². The first-order valence-corrected chi connectivity index (χ1v) is 8.49. The number of imidazole rings is 1. The summed E-state index contributed by atoms with van der Waals surface area (Å²) in [5.41, 5.74) is 0. The van der Waals surface area contributed by atoms with E-state index < -0.39 is 0 Å². The summed E-state index contributed by atoms with van der Waals surface area (Å²) in [5.74, 6) is 2.26. The summed E-state index contributed by atoms with van der Waals surface area (Å²) in [6.07, 6.45) is 6.86. The molecule has 120 valence electrons. The van der Waals surface area contributed by atoms with E-state index in [0.29, 0.717) is 0 Å². The zero-order valence-electron chi connectivity index (χ0n) is 12.9. The molecular formula is C14H26IN5S. The minimum Gasteiger partial charge on any atom is -0.357 e. The van der Waals surface area contributed by atoms with Crippen LogP contribution in [0.3, 0.4) is 0 Å². The van der Waals surface area contributed by atoms with Crippen molar-refractivity contribution in [3.05, 3.63) is 18.7 Å². The van der Waals surface area contributed by atoms with E-state index in [4.69, 9.17) is 4.99 Å².